The molecule has 0 bridgehead atoms. The van der Waals surface area contributed by atoms with Crippen molar-refractivity contribution >= 4 is 12.1 Å². The molecule has 2 N–H and O–H groups in total. The van der Waals surface area contributed by atoms with Crippen LogP contribution in [0, 0.1) is 5.92 Å². The molecule has 0 unspecified atom stereocenters. The Kier molecular flexibility index (Phi) is 5.35. The first-order valence-corrected chi connectivity index (χ1v) is 6.31. The highest BCUT2D eigenvalue weighted by Gasteiger charge is 2.21. The van der Waals surface area contributed by atoms with Gasteiger partial charge in [-0.25, -0.2) is 9.59 Å². The summed E-state index contributed by atoms with van der Waals surface area (Å²) in [5.74, 6) is -1.06. The van der Waals surface area contributed by atoms with Gasteiger partial charge in [-0.1, -0.05) is 0 Å². The summed E-state index contributed by atoms with van der Waals surface area (Å²) in [4.78, 5) is 22.7. The summed E-state index contributed by atoms with van der Waals surface area (Å²) >= 11 is 0. The minimum absolute atomic E-state index is 0.106. The molecule has 1 saturated heterocycles. The average molecular weight is 271 g/mol. The summed E-state index contributed by atoms with van der Waals surface area (Å²) in [7, 11) is 0. The smallest absolute Gasteiger partial charge is 0.412 e. The third-order valence-corrected chi connectivity index (χ3v) is 2.53. The van der Waals surface area contributed by atoms with Crippen LogP contribution in [0.4, 0.5) is 4.79 Å². The lowest BCUT2D eigenvalue weighted by Gasteiger charge is -2.21. The quantitative estimate of drug-likeness (QED) is 0.766. The highest BCUT2D eigenvalue weighted by molar-refractivity contribution is 5.90. The number of nitrogens with one attached hydrogen (secondary N) is 1. The fourth-order valence-corrected chi connectivity index (χ4v) is 1.70. The van der Waals surface area contributed by atoms with Gasteiger partial charge in [-0.2, -0.15) is 0 Å². The van der Waals surface area contributed by atoms with E-state index in [1.165, 1.54) is 0 Å². The third kappa shape index (κ3) is 6.24. The molecule has 0 aromatic carbocycles. The first-order chi connectivity index (χ1) is 8.78. The van der Waals surface area contributed by atoms with Crippen molar-refractivity contribution in [1.29, 1.82) is 0 Å². The molecular formula is C13H21NO5. The molecule has 108 valence electrons. The number of aliphatic carboxylic acids is 1. The lowest BCUT2D eigenvalue weighted by molar-refractivity contribution is -0.133. The van der Waals surface area contributed by atoms with Crippen molar-refractivity contribution in [3.05, 3.63) is 11.8 Å². The number of hydrogen-bond acceptors (Lipinski definition) is 4. The summed E-state index contributed by atoms with van der Waals surface area (Å²) in [5, 5.41) is 11.4. The van der Waals surface area contributed by atoms with Crippen LogP contribution in [-0.2, 0) is 14.3 Å². The number of rotatable bonds is 3. The summed E-state index contributed by atoms with van der Waals surface area (Å²) in [6.07, 6.45) is 2.32. The molecule has 1 amide bonds. The minimum atomic E-state index is -1.17. The summed E-state index contributed by atoms with van der Waals surface area (Å²) < 4.78 is 10.2. The Morgan fingerprint density at radius 3 is 2.37 bits per heavy atom. The van der Waals surface area contributed by atoms with Crippen LogP contribution >= 0.6 is 0 Å². The first-order valence-electron chi connectivity index (χ1n) is 6.31. The van der Waals surface area contributed by atoms with Gasteiger partial charge in [0.15, 0.2) is 0 Å². The number of carboxylic acid groups (broad SMARTS) is 1. The van der Waals surface area contributed by atoms with Crippen LogP contribution in [0.15, 0.2) is 11.8 Å². The van der Waals surface area contributed by atoms with E-state index < -0.39 is 17.7 Å². The zero-order valence-electron chi connectivity index (χ0n) is 11.6. The Bertz CT molecular complexity index is 364. The van der Waals surface area contributed by atoms with Crippen LogP contribution in [0.3, 0.4) is 0 Å². The molecular weight excluding hydrogens is 250 g/mol. The molecule has 1 aliphatic heterocycles. The number of carbonyl (C=O) groups excluding carboxylic acids is 1. The number of allylic oxidation sites excluding steroid dienone is 1. The van der Waals surface area contributed by atoms with Crippen molar-refractivity contribution in [2.45, 2.75) is 39.2 Å². The van der Waals surface area contributed by atoms with E-state index in [0.29, 0.717) is 13.2 Å². The Morgan fingerprint density at radius 2 is 1.89 bits per heavy atom. The van der Waals surface area contributed by atoms with Gasteiger partial charge in [-0.15, -0.1) is 0 Å². The molecule has 1 heterocycles. The second kappa shape index (κ2) is 6.56. The van der Waals surface area contributed by atoms with Crippen LogP contribution < -0.4 is 5.32 Å². The van der Waals surface area contributed by atoms with E-state index in [2.05, 4.69) is 5.32 Å². The molecule has 0 radical (unpaired) electrons. The van der Waals surface area contributed by atoms with Crippen LogP contribution in [0.1, 0.15) is 33.6 Å². The molecule has 0 atom stereocenters. The zero-order chi connectivity index (χ0) is 14.5. The molecule has 19 heavy (non-hydrogen) atoms. The SMILES string of the molecule is CC(C)(C)OC(=O)NC(=CC1CCOCC1)C(=O)O. The molecule has 1 fully saturated rings. The Hall–Kier alpha value is -1.56. The zero-order valence-corrected chi connectivity index (χ0v) is 11.6. The lowest BCUT2D eigenvalue weighted by atomic mass is 9.99. The first kappa shape index (κ1) is 15.5. The van der Waals surface area contributed by atoms with Gasteiger partial charge in [0, 0.05) is 13.2 Å². The van der Waals surface area contributed by atoms with Crippen molar-refractivity contribution in [2.75, 3.05) is 13.2 Å². The van der Waals surface area contributed by atoms with Gasteiger partial charge >= 0.3 is 12.1 Å². The summed E-state index contributed by atoms with van der Waals surface area (Å²) in [6.45, 7) is 6.38. The Morgan fingerprint density at radius 1 is 1.32 bits per heavy atom. The van der Waals surface area contributed by atoms with Gasteiger partial charge < -0.3 is 14.6 Å². The number of hydrogen-bond donors (Lipinski definition) is 2. The molecule has 1 rings (SSSR count). The summed E-state index contributed by atoms with van der Waals surface area (Å²) in [6, 6.07) is 0. The van der Waals surface area contributed by atoms with E-state index in [9.17, 15) is 9.59 Å². The second-order valence-corrected chi connectivity index (χ2v) is 5.46. The highest BCUT2D eigenvalue weighted by atomic mass is 16.6. The second-order valence-electron chi connectivity index (χ2n) is 5.46. The number of alkyl carbamates (subject to hydrolysis) is 1. The maximum atomic E-state index is 11.6. The topological polar surface area (TPSA) is 84.9 Å². The number of carbonyl (C=O) groups is 2. The van der Waals surface area contributed by atoms with Gasteiger partial charge in [0.05, 0.1) is 0 Å². The molecule has 0 aliphatic carbocycles. The molecule has 0 spiro atoms. The fraction of sp³-hybridized carbons (Fsp3) is 0.692. The molecule has 1 aliphatic rings. The van der Waals surface area contributed by atoms with E-state index in [1.54, 1.807) is 26.8 Å². The van der Waals surface area contributed by atoms with E-state index in [-0.39, 0.29) is 11.6 Å². The standard InChI is InChI=1S/C13H21NO5/c1-13(2,3)19-12(17)14-10(11(15)16)8-9-4-6-18-7-5-9/h8-9H,4-7H2,1-3H3,(H,14,17)(H,15,16). The maximum Gasteiger partial charge on any atom is 0.412 e. The van der Waals surface area contributed by atoms with Crippen LogP contribution in [0.2, 0.25) is 0 Å². The highest BCUT2D eigenvalue weighted by Crippen LogP contribution is 2.17. The van der Waals surface area contributed by atoms with Gasteiger partial charge in [0.1, 0.15) is 11.3 Å². The maximum absolute atomic E-state index is 11.6. The van der Waals surface area contributed by atoms with E-state index in [1.807, 2.05) is 0 Å². The van der Waals surface area contributed by atoms with Crippen LogP contribution in [0.5, 0.6) is 0 Å². The predicted molar refractivity (Wildman–Crippen MR) is 68.6 cm³/mol. The van der Waals surface area contributed by atoms with Crippen molar-refractivity contribution in [2.24, 2.45) is 5.92 Å². The van der Waals surface area contributed by atoms with Crippen molar-refractivity contribution < 1.29 is 24.2 Å². The molecule has 0 aromatic heterocycles. The Balaban J connectivity index is 2.64. The van der Waals surface area contributed by atoms with E-state index >= 15 is 0 Å². The van der Waals surface area contributed by atoms with Gasteiger partial charge in [0.25, 0.3) is 0 Å². The average Bonchev–Trinajstić information content (AvgIpc) is 2.26. The number of ether oxygens (including phenoxy) is 2. The normalized spacial score (nSPS) is 17.9. The fourth-order valence-electron chi connectivity index (χ4n) is 1.70. The monoisotopic (exact) mass is 271 g/mol. The predicted octanol–water partition coefficient (Wildman–Crippen LogP) is 1.91. The minimum Gasteiger partial charge on any atom is -0.477 e. The third-order valence-electron chi connectivity index (χ3n) is 2.53. The van der Waals surface area contributed by atoms with Gasteiger partial charge in [-0.05, 0) is 45.6 Å². The van der Waals surface area contributed by atoms with Crippen molar-refractivity contribution in [3.63, 3.8) is 0 Å². The largest absolute Gasteiger partial charge is 0.477 e. The lowest BCUT2D eigenvalue weighted by Crippen LogP contribution is -2.34. The van der Waals surface area contributed by atoms with Crippen molar-refractivity contribution in [1.82, 2.24) is 5.32 Å². The molecule has 0 saturated carbocycles. The van der Waals surface area contributed by atoms with Gasteiger partial charge in [-0.3, -0.25) is 5.32 Å². The van der Waals surface area contributed by atoms with Crippen LogP contribution in [0.25, 0.3) is 0 Å². The van der Waals surface area contributed by atoms with Crippen LogP contribution in [-0.4, -0.2) is 36.0 Å². The van der Waals surface area contributed by atoms with E-state index in [0.717, 1.165) is 12.8 Å². The molecule has 0 aromatic rings. The number of amides is 1. The van der Waals surface area contributed by atoms with Gasteiger partial charge in [0.2, 0.25) is 0 Å². The summed E-state index contributed by atoms with van der Waals surface area (Å²) in [5.41, 5.74) is -0.798. The number of carboxylic acids is 1. The molecule has 6 heteroatoms. The molecule has 6 nitrogen and oxygen atoms in total. The van der Waals surface area contributed by atoms with Crippen molar-refractivity contribution in [3.8, 4) is 0 Å². The Labute approximate surface area is 112 Å². The van der Waals surface area contributed by atoms with E-state index in [4.69, 9.17) is 14.6 Å².